The van der Waals surface area contributed by atoms with Crippen LogP contribution in [0.15, 0.2) is 54.6 Å². The minimum atomic E-state index is -0.168. The van der Waals surface area contributed by atoms with Crippen LogP contribution >= 0.6 is 0 Å². The van der Waals surface area contributed by atoms with E-state index >= 15 is 0 Å². The zero-order valence-electron chi connectivity index (χ0n) is 16.9. The van der Waals surface area contributed by atoms with Crippen LogP contribution in [-0.4, -0.2) is 19.1 Å². The van der Waals surface area contributed by atoms with Gasteiger partial charge in [0.25, 0.3) is 0 Å². The molecule has 0 fully saturated rings. The lowest BCUT2D eigenvalue weighted by atomic mass is 10.2. The second-order valence-electron chi connectivity index (χ2n) is 6.61. The Morgan fingerprint density at radius 3 is 2.18 bits per heavy atom. The lowest BCUT2D eigenvalue weighted by molar-refractivity contribution is -0.111. The number of benzene rings is 2. The van der Waals surface area contributed by atoms with Gasteiger partial charge < -0.3 is 14.8 Å². The van der Waals surface area contributed by atoms with Crippen LogP contribution in [0.2, 0.25) is 0 Å². The molecule has 2 rings (SSSR count). The van der Waals surface area contributed by atoms with Crippen LogP contribution in [0, 0.1) is 0 Å². The lowest BCUT2D eigenvalue weighted by Crippen LogP contribution is -2.07. The Morgan fingerprint density at radius 2 is 1.50 bits per heavy atom. The van der Waals surface area contributed by atoms with Gasteiger partial charge in [-0.3, -0.25) is 4.79 Å². The van der Waals surface area contributed by atoms with Crippen LogP contribution in [0.4, 0.5) is 5.69 Å². The Labute approximate surface area is 168 Å². The molecule has 4 nitrogen and oxygen atoms in total. The van der Waals surface area contributed by atoms with Gasteiger partial charge in [0.15, 0.2) is 0 Å². The normalized spacial score (nSPS) is 10.8. The fraction of sp³-hybridized carbons (Fsp3) is 0.375. The van der Waals surface area contributed by atoms with Gasteiger partial charge in [0.2, 0.25) is 5.91 Å². The van der Waals surface area contributed by atoms with Crippen molar-refractivity contribution in [1.29, 1.82) is 0 Å². The Kier molecular flexibility index (Phi) is 9.70. The maximum absolute atomic E-state index is 12.1. The van der Waals surface area contributed by atoms with Crippen LogP contribution in [0.25, 0.3) is 6.08 Å². The smallest absolute Gasteiger partial charge is 0.248 e. The summed E-state index contributed by atoms with van der Waals surface area (Å²) >= 11 is 0. The molecule has 0 unspecified atom stereocenters. The average Bonchev–Trinajstić information content (AvgIpc) is 2.71. The van der Waals surface area contributed by atoms with Crippen LogP contribution in [0.1, 0.15) is 51.5 Å². The van der Waals surface area contributed by atoms with Crippen molar-refractivity contribution in [2.45, 2.75) is 46.0 Å². The maximum Gasteiger partial charge on any atom is 0.248 e. The third-order valence-corrected chi connectivity index (χ3v) is 4.26. The first-order valence-corrected chi connectivity index (χ1v) is 10.2. The summed E-state index contributed by atoms with van der Waals surface area (Å²) in [6, 6.07) is 15.1. The van der Waals surface area contributed by atoms with E-state index in [4.69, 9.17) is 9.47 Å². The minimum Gasteiger partial charge on any atom is -0.494 e. The molecule has 0 radical (unpaired) electrons. The van der Waals surface area contributed by atoms with Crippen LogP contribution < -0.4 is 14.8 Å². The molecule has 0 aliphatic carbocycles. The van der Waals surface area contributed by atoms with Gasteiger partial charge in [-0.15, -0.1) is 0 Å². The predicted octanol–water partition coefficient (Wildman–Crippen LogP) is 6.09. The number of hydrogen-bond acceptors (Lipinski definition) is 3. The number of anilines is 1. The Bertz CT molecular complexity index is 721. The summed E-state index contributed by atoms with van der Waals surface area (Å²) < 4.78 is 11.1. The third kappa shape index (κ3) is 8.30. The second-order valence-corrected chi connectivity index (χ2v) is 6.61. The van der Waals surface area contributed by atoms with Crippen molar-refractivity contribution < 1.29 is 14.3 Å². The summed E-state index contributed by atoms with van der Waals surface area (Å²) in [4.78, 5) is 12.1. The van der Waals surface area contributed by atoms with E-state index in [1.165, 1.54) is 31.8 Å². The van der Waals surface area contributed by atoms with Crippen molar-refractivity contribution in [3.8, 4) is 11.5 Å². The zero-order chi connectivity index (χ0) is 20.0. The molecule has 0 aliphatic rings. The number of carbonyl (C=O) groups is 1. The molecule has 0 spiro atoms. The molecule has 1 N–H and O–H groups in total. The highest BCUT2D eigenvalue weighted by atomic mass is 16.5. The number of rotatable bonds is 12. The van der Waals surface area contributed by atoms with E-state index in [-0.39, 0.29) is 5.91 Å². The molecule has 28 heavy (non-hydrogen) atoms. The SMILES string of the molecule is CCCCCCCOc1ccc(NC(=O)/C=C/c2ccc(OCC)cc2)cc1. The fourth-order valence-corrected chi connectivity index (χ4v) is 2.73. The molecular formula is C24H31NO3. The Balaban J connectivity index is 1.74. The molecule has 2 aromatic carbocycles. The molecule has 0 aliphatic heterocycles. The molecule has 0 heterocycles. The first kappa shape index (κ1) is 21.5. The van der Waals surface area contributed by atoms with E-state index in [0.29, 0.717) is 6.61 Å². The Hall–Kier alpha value is -2.75. The zero-order valence-corrected chi connectivity index (χ0v) is 16.9. The molecule has 4 heteroatoms. The average molecular weight is 382 g/mol. The summed E-state index contributed by atoms with van der Waals surface area (Å²) in [6.45, 7) is 5.54. The summed E-state index contributed by atoms with van der Waals surface area (Å²) in [6.07, 6.45) is 9.41. The third-order valence-electron chi connectivity index (χ3n) is 4.26. The van der Waals surface area contributed by atoms with E-state index in [1.54, 1.807) is 6.08 Å². The highest BCUT2D eigenvalue weighted by molar-refractivity contribution is 6.01. The van der Waals surface area contributed by atoms with Crippen molar-refractivity contribution in [3.05, 3.63) is 60.2 Å². The van der Waals surface area contributed by atoms with Gasteiger partial charge in [0.05, 0.1) is 13.2 Å². The van der Waals surface area contributed by atoms with Crippen molar-refractivity contribution in [2.75, 3.05) is 18.5 Å². The van der Waals surface area contributed by atoms with Gasteiger partial charge >= 0.3 is 0 Å². The second kappa shape index (κ2) is 12.6. The van der Waals surface area contributed by atoms with Crippen LogP contribution in [-0.2, 0) is 4.79 Å². The van der Waals surface area contributed by atoms with Gasteiger partial charge in [-0.05, 0) is 61.4 Å². The number of ether oxygens (including phenoxy) is 2. The van der Waals surface area contributed by atoms with Gasteiger partial charge in [0, 0.05) is 11.8 Å². The molecule has 0 saturated carbocycles. The number of unbranched alkanes of at least 4 members (excludes halogenated alkanes) is 4. The summed E-state index contributed by atoms with van der Waals surface area (Å²) in [5, 5.41) is 2.86. The van der Waals surface area contributed by atoms with Crippen molar-refractivity contribution in [1.82, 2.24) is 0 Å². The molecule has 0 aromatic heterocycles. The monoisotopic (exact) mass is 381 g/mol. The standard InChI is InChI=1S/C24H31NO3/c1-3-5-6-7-8-19-28-23-16-12-21(13-17-23)25-24(26)18-11-20-9-14-22(15-10-20)27-4-2/h9-18H,3-8,19H2,1-2H3,(H,25,26)/b18-11+. The highest BCUT2D eigenvalue weighted by Crippen LogP contribution is 2.17. The number of hydrogen-bond donors (Lipinski definition) is 1. The van der Waals surface area contributed by atoms with Crippen molar-refractivity contribution in [2.24, 2.45) is 0 Å². The van der Waals surface area contributed by atoms with E-state index in [2.05, 4.69) is 12.2 Å². The van der Waals surface area contributed by atoms with E-state index in [0.717, 1.165) is 35.8 Å². The largest absolute Gasteiger partial charge is 0.494 e. The van der Waals surface area contributed by atoms with Gasteiger partial charge in [-0.25, -0.2) is 0 Å². The first-order valence-electron chi connectivity index (χ1n) is 10.2. The molecule has 2 aromatic rings. The maximum atomic E-state index is 12.1. The van der Waals surface area contributed by atoms with Crippen LogP contribution in [0.5, 0.6) is 11.5 Å². The first-order chi connectivity index (χ1) is 13.7. The highest BCUT2D eigenvalue weighted by Gasteiger charge is 2.00. The predicted molar refractivity (Wildman–Crippen MR) is 116 cm³/mol. The quantitative estimate of drug-likeness (QED) is 0.358. The number of nitrogens with one attached hydrogen (secondary N) is 1. The number of carbonyl (C=O) groups excluding carboxylic acids is 1. The van der Waals surface area contributed by atoms with Gasteiger partial charge in [-0.1, -0.05) is 44.7 Å². The molecular weight excluding hydrogens is 350 g/mol. The summed E-state index contributed by atoms with van der Waals surface area (Å²) in [5.74, 6) is 1.49. The molecule has 0 bridgehead atoms. The van der Waals surface area contributed by atoms with E-state index in [1.807, 2.05) is 55.5 Å². The summed E-state index contributed by atoms with van der Waals surface area (Å²) in [7, 11) is 0. The fourth-order valence-electron chi connectivity index (χ4n) is 2.73. The van der Waals surface area contributed by atoms with E-state index < -0.39 is 0 Å². The van der Waals surface area contributed by atoms with E-state index in [9.17, 15) is 4.79 Å². The lowest BCUT2D eigenvalue weighted by Gasteiger charge is -2.07. The van der Waals surface area contributed by atoms with Crippen molar-refractivity contribution >= 4 is 17.7 Å². The Morgan fingerprint density at radius 1 is 0.857 bits per heavy atom. The summed E-state index contributed by atoms with van der Waals surface area (Å²) in [5.41, 5.74) is 1.69. The van der Waals surface area contributed by atoms with Crippen molar-refractivity contribution in [3.63, 3.8) is 0 Å². The minimum absolute atomic E-state index is 0.168. The molecule has 0 saturated heterocycles. The topological polar surface area (TPSA) is 47.6 Å². The van der Waals surface area contributed by atoms with Gasteiger partial charge in [0.1, 0.15) is 11.5 Å². The number of amides is 1. The molecule has 0 atom stereocenters. The van der Waals surface area contributed by atoms with Crippen LogP contribution in [0.3, 0.4) is 0 Å². The molecule has 1 amide bonds. The van der Waals surface area contributed by atoms with Gasteiger partial charge in [-0.2, -0.15) is 0 Å². The molecule has 150 valence electrons.